The van der Waals surface area contributed by atoms with Gasteiger partial charge in [0.05, 0.1) is 16.0 Å². The lowest BCUT2D eigenvalue weighted by molar-refractivity contribution is -0.384. The zero-order chi connectivity index (χ0) is 21.0. The SMILES string of the molecule is O=[N+]([O-])c1cc(S(=O)(=O)Nc2ncc(Br)nc2OCc2ccccc2)ccc1Cl. The summed E-state index contributed by atoms with van der Waals surface area (Å²) in [4.78, 5) is 18.0. The van der Waals surface area contributed by atoms with Crippen LogP contribution in [0.25, 0.3) is 0 Å². The van der Waals surface area contributed by atoms with E-state index in [1.807, 2.05) is 30.3 Å². The van der Waals surface area contributed by atoms with E-state index in [1.165, 1.54) is 6.20 Å². The highest BCUT2D eigenvalue weighted by molar-refractivity contribution is 9.10. The number of ether oxygens (including phenoxy) is 1. The smallest absolute Gasteiger partial charge is 0.289 e. The van der Waals surface area contributed by atoms with Gasteiger partial charge in [-0.25, -0.2) is 18.4 Å². The second-order valence-corrected chi connectivity index (χ2v) is 8.50. The lowest BCUT2D eigenvalue weighted by atomic mass is 10.2. The molecule has 12 heteroatoms. The summed E-state index contributed by atoms with van der Waals surface area (Å²) < 4.78 is 33.6. The monoisotopic (exact) mass is 498 g/mol. The Morgan fingerprint density at radius 2 is 1.93 bits per heavy atom. The van der Waals surface area contributed by atoms with Crippen molar-refractivity contribution in [2.75, 3.05) is 4.72 Å². The number of nitrogens with one attached hydrogen (secondary N) is 1. The van der Waals surface area contributed by atoms with Crippen LogP contribution >= 0.6 is 27.5 Å². The summed E-state index contributed by atoms with van der Waals surface area (Å²) >= 11 is 8.90. The number of nitrogens with zero attached hydrogens (tertiary/aromatic N) is 3. The summed E-state index contributed by atoms with van der Waals surface area (Å²) in [5.74, 6) is -0.225. The van der Waals surface area contributed by atoms with Crippen molar-refractivity contribution in [1.82, 2.24) is 9.97 Å². The molecule has 0 amide bonds. The molecule has 0 radical (unpaired) electrons. The maximum atomic E-state index is 12.7. The van der Waals surface area contributed by atoms with Gasteiger partial charge in [-0.3, -0.25) is 14.8 Å². The molecule has 0 atom stereocenters. The van der Waals surface area contributed by atoms with Crippen LogP contribution in [-0.2, 0) is 16.6 Å². The minimum Gasteiger partial charge on any atom is -0.470 e. The van der Waals surface area contributed by atoms with Crippen LogP contribution in [0.5, 0.6) is 5.88 Å². The molecule has 2 aromatic carbocycles. The summed E-state index contributed by atoms with van der Waals surface area (Å²) in [5, 5.41) is 10.9. The van der Waals surface area contributed by atoms with Gasteiger partial charge in [-0.15, -0.1) is 0 Å². The number of sulfonamides is 1. The van der Waals surface area contributed by atoms with E-state index in [4.69, 9.17) is 16.3 Å². The molecular weight excluding hydrogens is 488 g/mol. The largest absolute Gasteiger partial charge is 0.470 e. The second-order valence-electron chi connectivity index (χ2n) is 5.60. The van der Waals surface area contributed by atoms with E-state index in [2.05, 4.69) is 30.6 Å². The van der Waals surface area contributed by atoms with E-state index in [-0.39, 0.29) is 28.2 Å². The van der Waals surface area contributed by atoms with Gasteiger partial charge in [0.1, 0.15) is 16.2 Å². The molecule has 1 N–H and O–H groups in total. The van der Waals surface area contributed by atoms with Crippen LogP contribution in [0, 0.1) is 10.1 Å². The molecule has 0 spiro atoms. The maximum absolute atomic E-state index is 12.7. The molecule has 0 fully saturated rings. The fourth-order valence-corrected chi connectivity index (χ4v) is 3.71. The number of nitro benzene ring substituents is 1. The zero-order valence-corrected chi connectivity index (χ0v) is 17.6. The van der Waals surface area contributed by atoms with Crippen LogP contribution < -0.4 is 9.46 Å². The first-order valence-electron chi connectivity index (χ1n) is 7.92. The highest BCUT2D eigenvalue weighted by Gasteiger charge is 2.23. The van der Waals surface area contributed by atoms with Crippen molar-refractivity contribution in [2.45, 2.75) is 11.5 Å². The highest BCUT2D eigenvalue weighted by atomic mass is 79.9. The topological polar surface area (TPSA) is 124 Å². The molecule has 0 bridgehead atoms. The summed E-state index contributed by atoms with van der Waals surface area (Å²) in [5.41, 5.74) is 0.313. The van der Waals surface area contributed by atoms with Crippen LogP contribution in [0.4, 0.5) is 11.5 Å². The van der Waals surface area contributed by atoms with Crippen molar-refractivity contribution in [3.05, 3.63) is 80.0 Å². The molecule has 3 rings (SSSR count). The van der Waals surface area contributed by atoms with Crippen molar-refractivity contribution in [1.29, 1.82) is 0 Å². The number of hydrogen-bond acceptors (Lipinski definition) is 7. The Labute approximate surface area is 179 Å². The molecule has 0 aliphatic carbocycles. The second kappa shape index (κ2) is 8.72. The van der Waals surface area contributed by atoms with Gasteiger partial charge in [-0.2, -0.15) is 0 Å². The van der Waals surface area contributed by atoms with Crippen molar-refractivity contribution in [3.8, 4) is 5.88 Å². The molecule has 0 saturated carbocycles. The number of aromatic nitrogens is 2. The van der Waals surface area contributed by atoms with Gasteiger partial charge in [-0.05, 0) is 33.6 Å². The molecule has 150 valence electrons. The number of anilines is 1. The molecule has 0 aliphatic rings. The van der Waals surface area contributed by atoms with Gasteiger partial charge >= 0.3 is 0 Å². The normalized spacial score (nSPS) is 11.1. The lowest BCUT2D eigenvalue weighted by Gasteiger charge is -2.12. The van der Waals surface area contributed by atoms with Crippen LogP contribution in [0.1, 0.15) is 5.56 Å². The van der Waals surface area contributed by atoms with E-state index in [1.54, 1.807) is 0 Å². The van der Waals surface area contributed by atoms with Crippen LogP contribution in [0.3, 0.4) is 0 Å². The molecular formula is C17H12BrClN4O5S. The third-order valence-electron chi connectivity index (χ3n) is 3.59. The lowest BCUT2D eigenvalue weighted by Crippen LogP contribution is -2.16. The van der Waals surface area contributed by atoms with Gasteiger partial charge in [0.15, 0.2) is 0 Å². The Morgan fingerprint density at radius 1 is 1.21 bits per heavy atom. The van der Waals surface area contributed by atoms with E-state index in [0.29, 0.717) is 4.60 Å². The Balaban J connectivity index is 1.89. The fourth-order valence-electron chi connectivity index (χ4n) is 2.23. The molecule has 0 unspecified atom stereocenters. The average molecular weight is 500 g/mol. The summed E-state index contributed by atoms with van der Waals surface area (Å²) in [6.45, 7) is 0.132. The summed E-state index contributed by atoms with van der Waals surface area (Å²) in [6, 6.07) is 12.3. The minimum absolute atomic E-state index is 0.0599. The van der Waals surface area contributed by atoms with Gasteiger partial charge in [0.2, 0.25) is 5.82 Å². The van der Waals surface area contributed by atoms with E-state index < -0.39 is 20.6 Å². The quantitative estimate of drug-likeness (QED) is 0.382. The van der Waals surface area contributed by atoms with Crippen molar-refractivity contribution in [2.24, 2.45) is 0 Å². The van der Waals surface area contributed by atoms with Gasteiger partial charge in [0, 0.05) is 6.07 Å². The number of halogens is 2. The number of rotatable bonds is 7. The van der Waals surface area contributed by atoms with Gasteiger partial charge in [0.25, 0.3) is 21.6 Å². The molecule has 0 saturated heterocycles. The fraction of sp³-hybridized carbons (Fsp3) is 0.0588. The number of nitro groups is 1. The molecule has 1 aromatic heterocycles. The summed E-state index contributed by atoms with van der Waals surface area (Å²) in [7, 11) is -4.22. The van der Waals surface area contributed by atoms with E-state index in [9.17, 15) is 18.5 Å². The Bertz CT molecular complexity index is 1160. The van der Waals surface area contributed by atoms with Crippen LogP contribution in [0.15, 0.2) is 64.2 Å². The number of hydrogen-bond donors (Lipinski definition) is 1. The Kier molecular flexibility index (Phi) is 6.30. The molecule has 29 heavy (non-hydrogen) atoms. The number of benzene rings is 2. The predicted molar refractivity (Wildman–Crippen MR) is 109 cm³/mol. The molecule has 3 aromatic rings. The van der Waals surface area contributed by atoms with Crippen molar-refractivity contribution >= 4 is 49.1 Å². The molecule has 9 nitrogen and oxygen atoms in total. The van der Waals surface area contributed by atoms with Crippen molar-refractivity contribution in [3.63, 3.8) is 0 Å². The van der Waals surface area contributed by atoms with Crippen molar-refractivity contribution < 1.29 is 18.1 Å². The average Bonchev–Trinajstić information content (AvgIpc) is 2.68. The van der Waals surface area contributed by atoms with Crippen LogP contribution in [-0.4, -0.2) is 23.3 Å². The predicted octanol–water partition coefficient (Wildman–Crippen LogP) is 4.18. The van der Waals surface area contributed by atoms with E-state index >= 15 is 0 Å². The van der Waals surface area contributed by atoms with Crippen LogP contribution in [0.2, 0.25) is 5.02 Å². The molecule has 0 aliphatic heterocycles. The third-order valence-corrected chi connectivity index (χ3v) is 5.62. The third kappa shape index (κ3) is 5.19. The first kappa shape index (κ1) is 21.0. The zero-order valence-electron chi connectivity index (χ0n) is 14.5. The first-order valence-corrected chi connectivity index (χ1v) is 10.6. The Morgan fingerprint density at radius 3 is 2.62 bits per heavy atom. The summed E-state index contributed by atoms with van der Waals surface area (Å²) in [6.07, 6.45) is 1.29. The van der Waals surface area contributed by atoms with Gasteiger partial charge in [-0.1, -0.05) is 41.9 Å². The maximum Gasteiger partial charge on any atom is 0.289 e. The Hall–Kier alpha value is -2.76. The van der Waals surface area contributed by atoms with E-state index in [0.717, 1.165) is 23.8 Å². The molecule has 1 heterocycles. The minimum atomic E-state index is -4.22. The first-order chi connectivity index (χ1) is 13.8. The standard InChI is InChI=1S/C17H12BrClN4O5S/c18-15-9-20-16(17(21-15)28-10-11-4-2-1-3-5-11)22-29(26,27)12-6-7-13(19)14(8-12)23(24)25/h1-9H,10H2,(H,20,22). The highest BCUT2D eigenvalue weighted by Crippen LogP contribution is 2.29. The van der Waals surface area contributed by atoms with Gasteiger partial charge < -0.3 is 4.74 Å².